The van der Waals surface area contributed by atoms with E-state index in [2.05, 4.69) is 22.9 Å². The number of benzene rings is 1. The lowest BCUT2D eigenvalue weighted by atomic mass is 9.98. The number of hydrogen-bond acceptors (Lipinski definition) is 5. The Labute approximate surface area is 156 Å². The van der Waals surface area contributed by atoms with Gasteiger partial charge in [0.2, 0.25) is 5.95 Å². The minimum atomic E-state index is -0.259. The lowest BCUT2D eigenvalue weighted by Gasteiger charge is -2.30. The zero-order chi connectivity index (χ0) is 18.1. The van der Waals surface area contributed by atoms with Crippen LogP contribution in [0.4, 0.5) is 5.95 Å². The molecule has 26 heavy (non-hydrogen) atoms. The van der Waals surface area contributed by atoms with Crippen LogP contribution in [0.1, 0.15) is 37.6 Å². The Morgan fingerprint density at radius 1 is 1.27 bits per heavy atom. The predicted octanol–water partition coefficient (Wildman–Crippen LogP) is 4.73. The number of hydrogen-bond donors (Lipinski definition) is 1. The van der Waals surface area contributed by atoms with Crippen LogP contribution in [0.2, 0.25) is 0 Å². The van der Waals surface area contributed by atoms with E-state index in [4.69, 9.17) is 9.72 Å². The van der Waals surface area contributed by atoms with Crippen molar-refractivity contribution in [2.45, 2.75) is 32.7 Å². The summed E-state index contributed by atoms with van der Waals surface area (Å²) in [6.45, 7) is 4.30. The Morgan fingerprint density at radius 3 is 2.85 bits per heavy atom. The molecule has 1 aliphatic heterocycles. The van der Waals surface area contributed by atoms with E-state index in [1.54, 1.807) is 11.3 Å². The first-order valence-corrected chi connectivity index (χ1v) is 9.80. The van der Waals surface area contributed by atoms with E-state index in [1.165, 1.54) is 0 Å². The summed E-state index contributed by atoms with van der Waals surface area (Å²) < 4.78 is 7.54. The highest BCUT2D eigenvalue weighted by Crippen LogP contribution is 2.41. The second-order valence-corrected chi connectivity index (χ2v) is 7.18. The van der Waals surface area contributed by atoms with Gasteiger partial charge in [-0.05, 0) is 36.9 Å². The third-order valence-electron chi connectivity index (χ3n) is 4.52. The highest BCUT2D eigenvalue weighted by Gasteiger charge is 2.36. The van der Waals surface area contributed by atoms with Crippen molar-refractivity contribution in [1.82, 2.24) is 9.55 Å². The first-order valence-electron chi connectivity index (χ1n) is 8.92. The van der Waals surface area contributed by atoms with Gasteiger partial charge in [-0.1, -0.05) is 31.5 Å². The summed E-state index contributed by atoms with van der Waals surface area (Å²) in [6, 6.07) is 11.9. The zero-order valence-corrected chi connectivity index (χ0v) is 15.7. The monoisotopic (exact) mass is 367 g/mol. The SMILES string of the molecule is CCCC1=C(C(=O)OCC)[C@H](c2cccs2)n2c(nc3ccccc32)N1. The summed E-state index contributed by atoms with van der Waals surface area (Å²) >= 11 is 1.65. The molecule has 0 saturated carbocycles. The highest BCUT2D eigenvalue weighted by atomic mass is 32.1. The number of nitrogens with one attached hydrogen (secondary N) is 1. The van der Waals surface area contributed by atoms with E-state index in [0.29, 0.717) is 12.2 Å². The molecule has 0 spiro atoms. The van der Waals surface area contributed by atoms with E-state index in [0.717, 1.165) is 40.4 Å². The molecule has 5 nitrogen and oxygen atoms in total. The minimum absolute atomic E-state index is 0.223. The molecule has 0 fully saturated rings. The quantitative estimate of drug-likeness (QED) is 0.662. The molecule has 1 N–H and O–H groups in total. The van der Waals surface area contributed by atoms with Gasteiger partial charge in [0.1, 0.15) is 6.04 Å². The summed E-state index contributed by atoms with van der Waals surface area (Å²) in [5, 5.41) is 5.44. The van der Waals surface area contributed by atoms with Crippen molar-refractivity contribution in [3.63, 3.8) is 0 Å². The summed E-state index contributed by atoms with van der Waals surface area (Å²) in [4.78, 5) is 18.8. The van der Waals surface area contributed by atoms with E-state index in [-0.39, 0.29) is 12.0 Å². The number of thiophene rings is 1. The normalized spacial score (nSPS) is 16.5. The van der Waals surface area contributed by atoms with Crippen molar-refractivity contribution in [3.05, 3.63) is 57.9 Å². The Morgan fingerprint density at radius 2 is 2.12 bits per heavy atom. The third kappa shape index (κ3) is 2.70. The maximum Gasteiger partial charge on any atom is 0.338 e. The molecular weight excluding hydrogens is 346 g/mol. The van der Waals surface area contributed by atoms with Gasteiger partial charge >= 0.3 is 5.97 Å². The minimum Gasteiger partial charge on any atom is -0.463 e. The number of carbonyl (C=O) groups is 1. The number of fused-ring (bicyclic) bond motifs is 3. The van der Waals surface area contributed by atoms with Crippen molar-refractivity contribution in [1.29, 1.82) is 0 Å². The molecule has 1 aromatic carbocycles. The molecule has 1 aliphatic rings. The average molecular weight is 367 g/mol. The van der Waals surface area contributed by atoms with Crippen LogP contribution in [-0.2, 0) is 9.53 Å². The first-order chi connectivity index (χ1) is 12.7. The van der Waals surface area contributed by atoms with Gasteiger partial charge in [-0.25, -0.2) is 9.78 Å². The highest BCUT2D eigenvalue weighted by molar-refractivity contribution is 7.10. The van der Waals surface area contributed by atoms with E-state index in [9.17, 15) is 4.79 Å². The number of para-hydroxylation sites is 2. The molecule has 3 heterocycles. The van der Waals surface area contributed by atoms with Crippen LogP contribution in [0.15, 0.2) is 53.0 Å². The van der Waals surface area contributed by atoms with E-state index >= 15 is 0 Å². The van der Waals surface area contributed by atoms with Gasteiger partial charge in [0.25, 0.3) is 0 Å². The fraction of sp³-hybridized carbons (Fsp3) is 0.300. The zero-order valence-electron chi connectivity index (χ0n) is 14.9. The fourth-order valence-corrected chi connectivity index (χ4v) is 4.32. The first kappa shape index (κ1) is 16.8. The molecule has 0 bridgehead atoms. The second-order valence-electron chi connectivity index (χ2n) is 6.20. The average Bonchev–Trinajstić information content (AvgIpc) is 3.28. The number of ether oxygens (including phenoxy) is 1. The van der Waals surface area contributed by atoms with Gasteiger partial charge in [0.15, 0.2) is 0 Å². The molecule has 0 unspecified atom stereocenters. The summed E-state index contributed by atoms with van der Waals surface area (Å²) in [5.74, 6) is 0.520. The Bertz CT molecular complexity index is 972. The van der Waals surface area contributed by atoms with Crippen LogP contribution in [0.5, 0.6) is 0 Å². The van der Waals surface area contributed by atoms with Crippen molar-refractivity contribution in [2.75, 3.05) is 11.9 Å². The molecule has 2 aromatic heterocycles. The van der Waals surface area contributed by atoms with Gasteiger partial charge in [-0.15, -0.1) is 11.3 Å². The largest absolute Gasteiger partial charge is 0.463 e. The number of allylic oxidation sites excluding steroid dienone is 1. The van der Waals surface area contributed by atoms with Gasteiger partial charge in [-0.3, -0.25) is 4.57 Å². The number of nitrogens with zero attached hydrogens (tertiary/aromatic N) is 2. The molecule has 4 rings (SSSR count). The molecular formula is C20H21N3O2S. The molecule has 0 saturated heterocycles. The van der Waals surface area contributed by atoms with Gasteiger partial charge in [0, 0.05) is 10.6 Å². The van der Waals surface area contributed by atoms with E-state index in [1.807, 2.05) is 42.6 Å². The molecule has 0 aliphatic carbocycles. The van der Waals surface area contributed by atoms with Crippen molar-refractivity contribution >= 4 is 34.3 Å². The number of anilines is 1. The standard InChI is InChI=1S/C20H21N3O2S/c1-3-8-14-17(19(24)25-4-2)18(16-11-7-12-26-16)23-15-10-6-5-9-13(15)21-20(23)22-14/h5-7,9-12,18H,3-4,8H2,1-2H3,(H,21,22)/t18-/m0/s1. The molecule has 0 amide bonds. The molecule has 0 radical (unpaired) electrons. The fourth-order valence-electron chi connectivity index (χ4n) is 3.50. The van der Waals surface area contributed by atoms with Crippen LogP contribution in [0.25, 0.3) is 11.0 Å². The van der Waals surface area contributed by atoms with Crippen LogP contribution in [-0.4, -0.2) is 22.1 Å². The van der Waals surface area contributed by atoms with Crippen LogP contribution >= 0.6 is 11.3 Å². The van der Waals surface area contributed by atoms with Crippen molar-refractivity contribution < 1.29 is 9.53 Å². The Kier molecular flexibility index (Phi) is 4.51. The molecule has 1 atom stereocenters. The van der Waals surface area contributed by atoms with Gasteiger partial charge in [0.05, 0.1) is 23.2 Å². The van der Waals surface area contributed by atoms with Crippen molar-refractivity contribution in [3.8, 4) is 0 Å². The van der Waals surface area contributed by atoms with Crippen LogP contribution in [0, 0.1) is 0 Å². The summed E-state index contributed by atoms with van der Waals surface area (Å²) in [6.07, 6.45) is 1.71. The number of imidazole rings is 1. The van der Waals surface area contributed by atoms with Gasteiger partial charge < -0.3 is 10.1 Å². The number of aromatic nitrogens is 2. The van der Waals surface area contributed by atoms with Crippen molar-refractivity contribution in [2.24, 2.45) is 0 Å². The Hall–Kier alpha value is -2.60. The maximum absolute atomic E-state index is 12.9. The Balaban J connectivity index is 1.97. The number of esters is 1. The maximum atomic E-state index is 12.9. The second kappa shape index (κ2) is 6.96. The third-order valence-corrected chi connectivity index (χ3v) is 5.45. The molecule has 134 valence electrons. The summed E-state index contributed by atoms with van der Waals surface area (Å²) in [5.41, 5.74) is 3.52. The topological polar surface area (TPSA) is 56.2 Å². The van der Waals surface area contributed by atoms with Gasteiger partial charge in [-0.2, -0.15) is 0 Å². The lowest BCUT2D eigenvalue weighted by Crippen LogP contribution is -2.29. The molecule has 6 heteroatoms. The lowest BCUT2D eigenvalue weighted by molar-refractivity contribution is -0.139. The number of rotatable bonds is 5. The van der Waals surface area contributed by atoms with Crippen LogP contribution in [0.3, 0.4) is 0 Å². The van der Waals surface area contributed by atoms with Crippen LogP contribution < -0.4 is 5.32 Å². The molecule has 3 aromatic rings. The number of carbonyl (C=O) groups excluding carboxylic acids is 1. The smallest absolute Gasteiger partial charge is 0.338 e. The van der Waals surface area contributed by atoms with E-state index < -0.39 is 0 Å². The predicted molar refractivity (Wildman–Crippen MR) is 104 cm³/mol. The summed E-state index contributed by atoms with van der Waals surface area (Å²) in [7, 11) is 0.